The summed E-state index contributed by atoms with van der Waals surface area (Å²) in [5.74, 6) is 0.991. The highest BCUT2D eigenvalue weighted by atomic mass is 35.5. The van der Waals surface area contributed by atoms with E-state index >= 15 is 4.39 Å². The largest absolute Gasteiger partial charge is 0.479 e. The number of anilines is 1. The summed E-state index contributed by atoms with van der Waals surface area (Å²) in [7, 11) is 1.51. The summed E-state index contributed by atoms with van der Waals surface area (Å²) in [6.07, 6.45) is 0. The SMILES string of the molecule is COc1cc(CNn2c(NCc3ccc(-c4cc(Cl)cc(Cl)c4C#N)cc3F)nc3ccccc32)on1. The fourth-order valence-corrected chi connectivity index (χ4v) is 4.42. The number of methoxy groups -OCH3 is 1. The van der Waals surface area contributed by atoms with E-state index in [-0.39, 0.29) is 17.1 Å². The van der Waals surface area contributed by atoms with Gasteiger partial charge in [0, 0.05) is 28.8 Å². The summed E-state index contributed by atoms with van der Waals surface area (Å²) in [6, 6.07) is 19.1. The molecule has 0 aliphatic heterocycles. The molecule has 0 atom stereocenters. The van der Waals surface area contributed by atoms with Crippen LogP contribution in [0.4, 0.5) is 10.3 Å². The lowest BCUT2D eigenvalue weighted by atomic mass is 9.99. The summed E-state index contributed by atoms with van der Waals surface area (Å²) in [5.41, 5.74) is 6.44. The van der Waals surface area contributed by atoms with Gasteiger partial charge in [0.1, 0.15) is 11.9 Å². The number of aromatic nitrogens is 3. The summed E-state index contributed by atoms with van der Waals surface area (Å²) < 4.78 is 27.2. The molecule has 2 N–H and O–H groups in total. The number of halogens is 3. The van der Waals surface area contributed by atoms with E-state index < -0.39 is 5.82 Å². The Morgan fingerprint density at radius 3 is 2.70 bits per heavy atom. The maximum absolute atomic E-state index is 15.1. The monoisotopic (exact) mass is 536 g/mol. The Labute approximate surface area is 221 Å². The van der Waals surface area contributed by atoms with E-state index in [4.69, 9.17) is 32.5 Å². The van der Waals surface area contributed by atoms with Crippen LogP contribution in [0.3, 0.4) is 0 Å². The minimum Gasteiger partial charge on any atom is -0.479 e. The predicted octanol–water partition coefficient (Wildman–Crippen LogP) is 6.37. The Bertz CT molecular complexity index is 1640. The normalized spacial score (nSPS) is 10.9. The van der Waals surface area contributed by atoms with Crippen molar-refractivity contribution in [3.63, 3.8) is 0 Å². The number of imidazole rings is 1. The number of hydrogen-bond acceptors (Lipinski definition) is 7. The number of nitriles is 1. The Balaban J connectivity index is 1.38. The van der Waals surface area contributed by atoms with Gasteiger partial charge in [-0.2, -0.15) is 5.26 Å². The third kappa shape index (κ3) is 5.03. The predicted molar refractivity (Wildman–Crippen MR) is 140 cm³/mol. The van der Waals surface area contributed by atoms with Crippen LogP contribution in [0.5, 0.6) is 5.88 Å². The van der Waals surface area contributed by atoms with Gasteiger partial charge in [0.2, 0.25) is 5.95 Å². The number of hydrogen-bond donors (Lipinski definition) is 2. The van der Waals surface area contributed by atoms with E-state index in [9.17, 15) is 5.26 Å². The molecule has 0 aliphatic carbocycles. The van der Waals surface area contributed by atoms with Crippen molar-refractivity contribution in [2.45, 2.75) is 13.1 Å². The van der Waals surface area contributed by atoms with Crippen LogP contribution >= 0.6 is 23.2 Å². The van der Waals surface area contributed by atoms with Crippen LogP contribution in [-0.2, 0) is 13.1 Å². The highest BCUT2D eigenvalue weighted by molar-refractivity contribution is 6.36. The molecule has 2 heterocycles. The van der Waals surface area contributed by atoms with E-state index in [0.717, 1.165) is 11.0 Å². The summed E-state index contributed by atoms with van der Waals surface area (Å²) in [4.78, 5) is 4.63. The van der Waals surface area contributed by atoms with Gasteiger partial charge < -0.3 is 20.0 Å². The van der Waals surface area contributed by atoms with Crippen molar-refractivity contribution in [3.05, 3.63) is 93.4 Å². The minimum atomic E-state index is -0.450. The van der Waals surface area contributed by atoms with Gasteiger partial charge in [-0.1, -0.05) is 47.5 Å². The zero-order chi connectivity index (χ0) is 25.9. The van der Waals surface area contributed by atoms with Crippen LogP contribution in [0.15, 0.2) is 65.2 Å². The van der Waals surface area contributed by atoms with Crippen LogP contribution in [0.25, 0.3) is 22.2 Å². The minimum absolute atomic E-state index is 0.161. The molecule has 8 nitrogen and oxygen atoms in total. The lowest BCUT2D eigenvalue weighted by Gasteiger charge is -2.13. The lowest BCUT2D eigenvalue weighted by molar-refractivity contribution is 0.327. The quantitative estimate of drug-likeness (QED) is 0.237. The van der Waals surface area contributed by atoms with Crippen molar-refractivity contribution in [1.29, 1.82) is 5.26 Å². The Morgan fingerprint density at radius 2 is 1.95 bits per heavy atom. The van der Waals surface area contributed by atoms with Crippen molar-refractivity contribution in [2.75, 3.05) is 17.9 Å². The molecule has 0 spiro atoms. The first-order valence-corrected chi connectivity index (χ1v) is 11.8. The highest BCUT2D eigenvalue weighted by Gasteiger charge is 2.15. The molecule has 0 unspecified atom stereocenters. The molecule has 5 rings (SSSR count). The van der Waals surface area contributed by atoms with E-state index in [0.29, 0.717) is 45.8 Å². The van der Waals surface area contributed by atoms with Gasteiger partial charge in [0.25, 0.3) is 5.88 Å². The number of para-hydroxylation sites is 2. The molecule has 0 radical (unpaired) electrons. The third-order valence-corrected chi connectivity index (χ3v) is 6.20. The fourth-order valence-electron chi connectivity index (χ4n) is 3.88. The number of nitrogens with zero attached hydrogens (tertiary/aromatic N) is 4. The number of benzene rings is 3. The average molecular weight is 537 g/mol. The molecule has 5 aromatic rings. The standard InChI is InChI=1S/C26H19Cl2FN6O2/c1-36-25-11-18(37-34-25)14-32-35-24-5-3-2-4-23(24)33-26(35)31-13-16-7-6-15(8-22(16)29)19-9-17(27)10-21(28)20(19)12-30/h2-11,32H,13-14H2,1H3,(H,31,33). The molecule has 186 valence electrons. The van der Waals surface area contributed by atoms with E-state index in [1.54, 1.807) is 28.9 Å². The van der Waals surface area contributed by atoms with Crippen molar-refractivity contribution < 1.29 is 13.7 Å². The average Bonchev–Trinajstić information content (AvgIpc) is 3.50. The zero-order valence-corrected chi connectivity index (χ0v) is 20.9. The van der Waals surface area contributed by atoms with Gasteiger partial charge in [0.15, 0.2) is 5.76 Å². The molecule has 0 saturated heterocycles. The third-order valence-electron chi connectivity index (χ3n) is 5.69. The second kappa shape index (κ2) is 10.4. The first-order valence-electron chi connectivity index (χ1n) is 11.1. The fraction of sp³-hybridized carbons (Fsp3) is 0.115. The van der Waals surface area contributed by atoms with Crippen LogP contribution < -0.4 is 15.5 Å². The van der Waals surface area contributed by atoms with Gasteiger partial charge in [-0.25, -0.2) is 14.1 Å². The summed E-state index contributed by atoms with van der Waals surface area (Å²) in [5, 5.41) is 17.1. The highest BCUT2D eigenvalue weighted by Crippen LogP contribution is 2.33. The molecule has 2 aromatic heterocycles. The van der Waals surface area contributed by atoms with Gasteiger partial charge >= 0.3 is 0 Å². The molecule has 0 bridgehead atoms. The van der Waals surface area contributed by atoms with E-state index in [1.807, 2.05) is 24.3 Å². The maximum atomic E-state index is 15.1. The Kier molecular flexibility index (Phi) is 6.86. The smallest absolute Gasteiger partial charge is 0.254 e. The van der Waals surface area contributed by atoms with Crippen LogP contribution in [0.2, 0.25) is 10.0 Å². The second-order valence-electron chi connectivity index (χ2n) is 8.01. The molecule has 0 aliphatic rings. The van der Waals surface area contributed by atoms with Crippen molar-refractivity contribution in [3.8, 4) is 23.1 Å². The van der Waals surface area contributed by atoms with E-state index in [1.165, 1.54) is 19.2 Å². The van der Waals surface area contributed by atoms with E-state index in [2.05, 4.69) is 27.0 Å². The molecule has 0 fully saturated rings. The maximum Gasteiger partial charge on any atom is 0.254 e. The first-order chi connectivity index (χ1) is 18.0. The van der Waals surface area contributed by atoms with Crippen LogP contribution in [-0.4, -0.2) is 21.9 Å². The first kappa shape index (κ1) is 24.4. The van der Waals surface area contributed by atoms with Gasteiger partial charge in [0.05, 0.1) is 35.3 Å². The Morgan fingerprint density at radius 1 is 1.11 bits per heavy atom. The lowest BCUT2D eigenvalue weighted by Crippen LogP contribution is -2.17. The van der Waals surface area contributed by atoms with Gasteiger partial charge in [-0.3, -0.25) is 0 Å². The number of nitrogens with one attached hydrogen (secondary N) is 2. The number of rotatable bonds is 8. The molecule has 0 amide bonds. The van der Waals surface area contributed by atoms with Gasteiger partial charge in [-0.15, -0.1) is 0 Å². The van der Waals surface area contributed by atoms with Crippen molar-refractivity contribution in [2.24, 2.45) is 0 Å². The Hall–Kier alpha value is -4.26. The molecule has 0 saturated carbocycles. The summed E-state index contributed by atoms with van der Waals surface area (Å²) in [6.45, 7) is 0.479. The molecule has 37 heavy (non-hydrogen) atoms. The van der Waals surface area contributed by atoms with Crippen molar-refractivity contribution >= 4 is 40.2 Å². The number of ether oxygens (including phenoxy) is 1. The second-order valence-corrected chi connectivity index (χ2v) is 8.86. The van der Waals surface area contributed by atoms with Crippen LogP contribution in [0, 0.1) is 17.1 Å². The molecule has 11 heteroatoms. The molecule has 3 aromatic carbocycles. The molecular formula is C26H19Cl2FN6O2. The summed E-state index contributed by atoms with van der Waals surface area (Å²) >= 11 is 12.3. The van der Waals surface area contributed by atoms with Gasteiger partial charge in [-0.05, 0) is 41.1 Å². The number of fused-ring (bicyclic) bond motifs is 1. The van der Waals surface area contributed by atoms with Crippen LogP contribution in [0.1, 0.15) is 16.9 Å². The topological polar surface area (TPSA) is 101 Å². The molecular weight excluding hydrogens is 518 g/mol. The zero-order valence-electron chi connectivity index (χ0n) is 19.4. The van der Waals surface area contributed by atoms with Crippen molar-refractivity contribution in [1.82, 2.24) is 14.8 Å².